The molecule has 2 aliphatic heterocycles. The van der Waals surface area contributed by atoms with Gasteiger partial charge in [0.2, 0.25) is 0 Å². The summed E-state index contributed by atoms with van der Waals surface area (Å²) in [4.78, 5) is 30.7. The maximum absolute atomic E-state index is 13.0. The van der Waals surface area contributed by atoms with Crippen molar-refractivity contribution in [2.75, 3.05) is 26.2 Å². The first-order valence-corrected chi connectivity index (χ1v) is 32.2. The van der Waals surface area contributed by atoms with E-state index in [1.165, 1.54) is 37.0 Å². The lowest BCUT2D eigenvalue weighted by Gasteiger charge is -2.49. The quantitative estimate of drug-likeness (QED) is 0.0736. The van der Waals surface area contributed by atoms with Crippen LogP contribution in [0.4, 0.5) is 0 Å². The van der Waals surface area contributed by atoms with Crippen molar-refractivity contribution in [1.29, 1.82) is 0 Å². The van der Waals surface area contributed by atoms with Crippen molar-refractivity contribution >= 4 is 303 Å². The van der Waals surface area contributed by atoms with E-state index in [9.17, 15) is 9.59 Å². The van der Waals surface area contributed by atoms with E-state index in [2.05, 4.69) is 4.90 Å². The van der Waals surface area contributed by atoms with Crippen LogP contribution in [0.1, 0.15) is 94.3 Å². The summed E-state index contributed by atoms with van der Waals surface area (Å²) in [7, 11) is 0. The molecule has 2 heterocycles. The third kappa shape index (κ3) is 2.19. The molecule has 6 aliphatic rings. The molecule has 0 atom stereocenters. The zero-order valence-corrected chi connectivity index (χ0v) is 44.5. The Morgan fingerprint density at radius 3 is 0.631 bits per heavy atom. The molecular weight excluding hydrogens is 1020 g/mol. The van der Waals surface area contributed by atoms with Gasteiger partial charge in [-0.15, -0.1) is 0 Å². The molecule has 0 radical (unpaired) electrons. The molecule has 2 spiro atoms. The van der Waals surface area contributed by atoms with Gasteiger partial charge in [-0.3, -0.25) is 14.5 Å². The summed E-state index contributed by atoms with van der Waals surface area (Å²) in [5.74, 6) is -0.239. The summed E-state index contributed by atoms with van der Waals surface area (Å²) in [6.07, 6.45) is 9.35. The molecule has 0 bridgehead atoms. The van der Waals surface area contributed by atoms with Gasteiger partial charge in [0, 0.05) is 19.6 Å². The van der Waals surface area contributed by atoms with Crippen molar-refractivity contribution in [3.8, 4) is 0 Å². The predicted octanol–water partition coefficient (Wildman–Crippen LogP) is 20.0. The number of nitrogens with zero attached hydrogens (tertiary/aromatic N) is 2. The SMILES string of the molecule is O=C1c2ccccc2C(=O)N1CCCCCCCCCCN1CC23c4c5c6c7c8c9c(c%10c%11c2c2c4c4c%12c5c5c6c6c8c8c%13c9c9c%10c%10c%11c%11c2c2c4c4c%12c%12c5c5c6c8c6c8c%13c9c9c%10c%10c%11c2c2c4c4c%12c5c6c5c8c9c%10c2c45)C73C1. The maximum Gasteiger partial charge on any atom is 0.261 e. The molecule has 29 aromatic carbocycles. The fourth-order valence-corrected chi connectivity index (χ4v) is 28.1. The Bertz CT molecular complexity index is 7300. The van der Waals surface area contributed by atoms with Gasteiger partial charge in [0.25, 0.3) is 11.8 Å². The molecule has 0 N–H and O–H groups in total. The first-order valence-electron chi connectivity index (χ1n) is 32.2. The fourth-order valence-electron chi connectivity index (χ4n) is 28.1. The van der Waals surface area contributed by atoms with Crippen LogP contribution >= 0.6 is 0 Å². The summed E-state index contributed by atoms with van der Waals surface area (Å²) in [6.45, 7) is 3.93. The number of imide groups is 1. The van der Waals surface area contributed by atoms with Crippen molar-refractivity contribution in [1.82, 2.24) is 9.80 Å². The van der Waals surface area contributed by atoms with Gasteiger partial charge in [-0.25, -0.2) is 0 Å². The van der Waals surface area contributed by atoms with E-state index in [-0.39, 0.29) is 22.6 Å². The van der Waals surface area contributed by atoms with E-state index in [0.717, 1.165) is 38.9 Å². The van der Waals surface area contributed by atoms with Crippen molar-refractivity contribution in [2.24, 2.45) is 0 Å². The second kappa shape index (κ2) is 8.80. The van der Waals surface area contributed by atoms with E-state index in [1.54, 1.807) is 303 Å². The summed E-state index contributed by atoms with van der Waals surface area (Å²) in [6, 6.07) is 7.31. The Morgan fingerprint density at radius 2 is 0.417 bits per heavy atom. The fraction of sp³-hybridized carbons (Fsp3) is 0.175. The number of carbonyl (C=O) groups is 2. The van der Waals surface area contributed by atoms with Crippen molar-refractivity contribution in [2.45, 2.75) is 62.2 Å². The minimum atomic E-state index is -0.175. The zero-order chi connectivity index (χ0) is 51.3. The standard InChI is InChI=1S/C80H28N2O2/c83-77-17-11-7-8-12-18(17)78(84)82(77)14-10-6-4-2-1-3-5-9-13-81-15-79-73-65-57-47-37-29-21-19-20-23-27-25(21)33-41-35(27)45-39-31(23)32-24(20)28-26-22(19)30(29)38-44-34(26)42-36(28)46-40(32)50-49(39)59-53(45)63-55(41)61(51(57)43(33)37)69(73)71(63)75-67(59)68-60(50)54(46)64-56(42)62-52(44)58(48(38)47)66(65)74(79)70(62)72(64)76(68)80(75,79)16-81/h7-8,11-12H,1-6,9-10,13-16H2. The molecule has 0 aromatic heterocycles. The summed E-state index contributed by atoms with van der Waals surface area (Å²) < 4.78 is 0. The van der Waals surface area contributed by atoms with Crippen LogP contribution in [0, 0.1) is 0 Å². The second-order valence-corrected chi connectivity index (χ2v) is 30.4. The lowest BCUT2D eigenvalue weighted by Crippen LogP contribution is -2.51. The molecule has 29 aromatic rings. The molecule has 0 saturated carbocycles. The van der Waals surface area contributed by atoms with Crippen LogP contribution in [0.25, 0.3) is 291 Å². The Hall–Kier alpha value is -9.22. The number of amides is 2. The van der Waals surface area contributed by atoms with Crippen molar-refractivity contribution in [3.63, 3.8) is 0 Å². The van der Waals surface area contributed by atoms with E-state index < -0.39 is 0 Å². The van der Waals surface area contributed by atoms with Gasteiger partial charge in [-0.05, 0) is 345 Å². The van der Waals surface area contributed by atoms with Crippen molar-refractivity contribution in [3.05, 3.63) is 57.6 Å². The molecule has 1 fully saturated rings. The number of fused-ring (bicyclic) bond motifs is 1. The first-order chi connectivity index (χ1) is 41.7. The Kier molecular flexibility index (Phi) is 3.67. The van der Waals surface area contributed by atoms with E-state index in [1.807, 2.05) is 34.4 Å². The molecule has 370 valence electrons. The molecule has 1 saturated heterocycles. The van der Waals surface area contributed by atoms with Crippen LogP contribution in [0.3, 0.4) is 0 Å². The van der Waals surface area contributed by atoms with Gasteiger partial charge in [-0.2, -0.15) is 0 Å². The highest BCUT2D eigenvalue weighted by Gasteiger charge is 2.72. The van der Waals surface area contributed by atoms with Crippen LogP contribution in [0.5, 0.6) is 0 Å². The van der Waals surface area contributed by atoms with Gasteiger partial charge in [0.15, 0.2) is 0 Å². The molecule has 4 heteroatoms. The van der Waals surface area contributed by atoms with Gasteiger partial charge in [0.1, 0.15) is 0 Å². The monoisotopic (exact) mass is 1050 g/mol. The van der Waals surface area contributed by atoms with Crippen LogP contribution in [0.15, 0.2) is 24.3 Å². The van der Waals surface area contributed by atoms with E-state index >= 15 is 0 Å². The number of hydrogen-bond acceptors (Lipinski definition) is 3. The molecule has 0 unspecified atom stereocenters. The maximum atomic E-state index is 13.0. The van der Waals surface area contributed by atoms with Crippen LogP contribution in [0.2, 0.25) is 0 Å². The molecule has 4 aliphatic carbocycles. The zero-order valence-electron chi connectivity index (χ0n) is 44.5. The predicted molar refractivity (Wildman–Crippen MR) is 349 cm³/mol. The van der Waals surface area contributed by atoms with Gasteiger partial charge < -0.3 is 4.90 Å². The normalized spacial score (nSPS) is 21.8. The minimum absolute atomic E-state index is 0.119. The van der Waals surface area contributed by atoms with Crippen LogP contribution in [-0.2, 0) is 10.8 Å². The van der Waals surface area contributed by atoms with Gasteiger partial charge in [-0.1, -0.05) is 50.7 Å². The number of carbonyl (C=O) groups excluding carboxylic acids is 2. The average Bonchev–Trinajstić information content (AvgIpc) is 1.38. The van der Waals surface area contributed by atoms with E-state index in [4.69, 9.17) is 0 Å². The van der Waals surface area contributed by atoms with Crippen LogP contribution < -0.4 is 0 Å². The highest BCUT2D eigenvalue weighted by atomic mass is 16.2. The molecule has 2 amide bonds. The van der Waals surface area contributed by atoms with Gasteiger partial charge in [0.05, 0.1) is 22.0 Å². The number of rotatable bonds is 11. The lowest BCUT2D eigenvalue weighted by atomic mass is 9.50. The topological polar surface area (TPSA) is 40.6 Å². The number of likely N-dealkylation sites (tertiary alicyclic amines) is 1. The highest BCUT2D eigenvalue weighted by Crippen LogP contribution is 2.85. The Balaban J connectivity index is 0.705. The molecule has 35 rings (SSSR count). The summed E-state index contributed by atoms with van der Waals surface area (Å²) >= 11 is 0. The summed E-state index contributed by atoms with van der Waals surface area (Å²) in [5.41, 5.74) is 8.01. The largest absolute Gasteiger partial charge is 0.301 e. The highest BCUT2D eigenvalue weighted by molar-refractivity contribution is 6.82. The average molecular weight is 1050 g/mol. The van der Waals surface area contributed by atoms with Crippen molar-refractivity contribution < 1.29 is 9.59 Å². The number of benzene rings is 19. The van der Waals surface area contributed by atoms with Gasteiger partial charge >= 0.3 is 0 Å². The number of unbranched alkanes of at least 4 members (excludes halogenated alkanes) is 7. The Labute approximate surface area is 465 Å². The molecular formula is C80H28N2O2. The Morgan fingerprint density at radius 1 is 0.238 bits per heavy atom. The lowest BCUT2D eigenvalue weighted by molar-refractivity contribution is 0.0651. The second-order valence-electron chi connectivity index (χ2n) is 30.4. The minimum Gasteiger partial charge on any atom is -0.301 e. The molecule has 4 nitrogen and oxygen atoms in total. The molecule has 84 heavy (non-hydrogen) atoms. The smallest absolute Gasteiger partial charge is 0.261 e. The first kappa shape index (κ1) is 35.0. The number of hydrogen-bond donors (Lipinski definition) is 0. The summed E-state index contributed by atoms with van der Waals surface area (Å²) in [5, 5.41) is 90.8. The third-order valence-corrected chi connectivity index (χ3v) is 29.1. The third-order valence-electron chi connectivity index (χ3n) is 29.1. The van der Waals surface area contributed by atoms with E-state index in [0.29, 0.717) is 17.7 Å². The van der Waals surface area contributed by atoms with Crippen LogP contribution in [-0.4, -0.2) is 47.8 Å².